The van der Waals surface area contributed by atoms with Crippen molar-refractivity contribution in [2.24, 2.45) is 17.3 Å². The first-order chi connectivity index (χ1) is 30.7. The first-order valence-corrected chi connectivity index (χ1v) is 21.6. The summed E-state index contributed by atoms with van der Waals surface area (Å²) in [7, 11) is 0. The van der Waals surface area contributed by atoms with E-state index in [9.17, 15) is 24.0 Å². The Labute approximate surface area is 365 Å². The molecular weight excluding hydrogens is 801 g/mol. The van der Waals surface area contributed by atoms with Gasteiger partial charge in [-0.15, -0.1) is 0 Å². The van der Waals surface area contributed by atoms with Crippen molar-refractivity contribution in [1.29, 1.82) is 0 Å². The van der Waals surface area contributed by atoms with Gasteiger partial charge in [0.1, 0.15) is 24.2 Å². The zero-order valence-corrected chi connectivity index (χ0v) is 34.8. The van der Waals surface area contributed by atoms with Crippen molar-refractivity contribution < 1.29 is 52.4 Å². The van der Waals surface area contributed by atoms with Crippen molar-refractivity contribution in [2.75, 3.05) is 6.61 Å². The number of Topliss-reactive ketones (excluding diaryl/α,β-unsaturated/α-hetero) is 1. The van der Waals surface area contributed by atoms with Crippen molar-refractivity contribution in [3.63, 3.8) is 0 Å². The number of esters is 4. The van der Waals surface area contributed by atoms with Gasteiger partial charge in [0.2, 0.25) is 12.4 Å². The lowest BCUT2D eigenvalue weighted by molar-refractivity contribution is -0.275. The van der Waals surface area contributed by atoms with Crippen LogP contribution in [0.4, 0.5) is 0 Å². The quantitative estimate of drug-likeness (QED) is 0.0931. The average molecular weight is 849 g/mol. The van der Waals surface area contributed by atoms with Crippen molar-refractivity contribution >= 4 is 29.7 Å². The summed E-state index contributed by atoms with van der Waals surface area (Å²) < 4.78 is 37.7. The SMILES string of the molecule is C[C@]12CC[C@@H]3c4ccc(O[C@@H]5O[C@H](COC(=O)c6ccccc6)[C@@H](OC(=O)c6ccccc6)[C@H](OC(=O)c6ccccc6)[C@H]5OC(=O)c5ccccc5)cc4CC[C@H]3[C@@H]1CCC2=O. The highest BCUT2D eigenvalue weighted by Crippen LogP contribution is 2.59. The Morgan fingerprint density at radius 2 is 1.13 bits per heavy atom. The average Bonchev–Trinajstić information content (AvgIpc) is 3.64. The first-order valence-electron chi connectivity index (χ1n) is 21.6. The highest BCUT2D eigenvalue weighted by atomic mass is 16.7. The lowest BCUT2D eigenvalue weighted by Crippen LogP contribution is -2.63. The summed E-state index contributed by atoms with van der Waals surface area (Å²) in [6.45, 7) is 1.70. The van der Waals surface area contributed by atoms with Gasteiger partial charge in [-0.25, -0.2) is 19.2 Å². The molecule has 11 nitrogen and oxygen atoms in total. The molecule has 9 atom stereocenters. The maximum absolute atomic E-state index is 14.0. The summed E-state index contributed by atoms with van der Waals surface area (Å²) in [5.74, 6) is -1.10. The predicted octanol–water partition coefficient (Wildman–Crippen LogP) is 8.75. The summed E-state index contributed by atoms with van der Waals surface area (Å²) >= 11 is 0. The predicted molar refractivity (Wildman–Crippen MR) is 229 cm³/mol. The van der Waals surface area contributed by atoms with Crippen LogP contribution in [0, 0.1) is 17.3 Å². The maximum Gasteiger partial charge on any atom is 0.338 e. The standard InChI is InChI=1S/C52H48O11/c1-52-29-28-39-38-25-23-37(30-36(38)22-24-40(39)41(52)26-27-43(52)53)59-51-46(63-50(57)35-20-12-5-13-21-35)45(62-49(56)34-18-10-4-11-19-34)44(61-48(55)33-16-8-3-9-17-33)42(60-51)31-58-47(54)32-14-6-2-7-15-32/h2-21,23,25,30,39-42,44-46,51H,22,24,26-29,31H2,1H3/t39-,40-,41+,42-,44-,45+,46-,51-,52+/m1/s1. The molecule has 4 aliphatic rings. The summed E-state index contributed by atoms with van der Waals surface area (Å²) in [6, 6.07) is 39.0. The minimum atomic E-state index is -1.54. The van der Waals surface area contributed by atoms with Gasteiger partial charge in [0.15, 0.2) is 12.2 Å². The fourth-order valence-electron chi connectivity index (χ4n) is 10.2. The molecule has 2 saturated carbocycles. The van der Waals surface area contributed by atoms with E-state index in [-0.39, 0.29) is 27.7 Å². The minimum absolute atomic E-state index is 0.188. The number of ether oxygens (including phenoxy) is 6. The Balaban J connectivity index is 1.08. The van der Waals surface area contributed by atoms with Gasteiger partial charge < -0.3 is 28.4 Å². The molecule has 63 heavy (non-hydrogen) atoms. The zero-order valence-electron chi connectivity index (χ0n) is 34.8. The Morgan fingerprint density at radius 3 is 1.70 bits per heavy atom. The number of hydrogen-bond donors (Lipinski definition) is 0. The van der Waals surface area contributed by atoms with E-state index in [2.05, 4.69) is 13.0 Å². The van der Waals surface area contributed by atoms with Crippen LogP contribution >= 0.6 is 0 Å². The van der Waals surface area contributed by atoms with Crippen LogP contribution in [0.15, 0.2) is 140 Å². The molecule has 9 rings (SSSR count). The Morgan fingerprint density at radius 1 is 0.603 bits per heavy atom. The molecule has 0 spiro atoms. The molecule has 0 N–H and O–H groups in total. The van der Waals surface area contributed by atoms with E-state index >= 15 is 0 Å². The fourth-order valence-corrected chi connectivity index (χ4v) is 10.2. The molecule has 322 valence electrons. The van der Waals surface area contributed by atoms with Crippen LogP contribution in [-0.2, 0) is 34.9 Å². The van der Waals surface area contributed by atoms with Crippen LogP contribution in [0.25, 0.3) is 0 Å². The Bertz CT molecular complexity index is 2460. The summed E-state index contributed by atoms with van der Waals surface area (Å²) in [6.07, 6.45) is -2.16. The third-order valence-corrected chi connectivity index (χ3v) is 13.4. The van der Waals surface area contributed by atoms with Gasteiger partial charge in [-0.1, -0.05) is 85.8 Å². The maximum atomic E-state index is 14.0. The van der Waals surface area contributed by atoms with Crippen LogP contribution in [0.1, 0.15) is 97.5 Å². The molecule has 1 saturated heterocycles. The fraction of sp³-hybridized carbons (Fsp3) is 0.327. The third kappa shape index (κ3) is 8.62. The Hall–Kier alpha value is -6.59. The van der Waals surface area contributed by atoms with Crippen molar-refractivity contribution in [3.05, 3.63) is 173 Å². The van der Waals surface area contributed by atoms with Gasteiger partial charge in [-0.05, 0) is 122 Å². The van der Waals surface area contributed by atoms with Gasteiger partial charge in [0.25, 0.3) is 0 Å². The number of aryl methyl sites for hydroxylation is 1. The molecule has 0 unspecified atom stereocenters. The number of carbonyl (C=O) groups is 5. The second kappa shape index (κ2) is 18.0. The van der Waals surface area contributed by atoms with E-state index in [0.717, 1.165) is 37.7 Å². The molecule has 11 heteroatoms. The van der Waals surface area contributed by atoms with E-state index in [1.807, 2.05) is 12.1 Å². The zero-order chi connectivity index (χ0) is 43.5. The van der Waals surface area contributed by atoms with Crippen molar-refractivity contribution in [1.82, 2.24) is 0 Å². The van der Waals surface area contributed by atoms with E-state index in [1.54, 1.807) is 121 Å². The summed E-state index contributed by atoms with van der Waals surface area (Å²) in [5.41, 5.74) is 2.98. The largest absolute Gasteiger partial charge is 0.461 e. The van der Waals surface area contributed by atoms with E-state index in [0.29, 0.717) is 35.7 Å². The lowest BCUT2D eigenvalue weighted by atomic mass is 9.55. The Kier molecular flexibility index (Phi) is 11.9. The molecule has 0 amide bonds. The number of rotatable bonds is 11. The monoisotopic (exact) mass is 848 g/mol. The van der Waals surface area contributed by atoms with Gasteiger partial charge >= 0.3 is 23.9 Å². The highest BCUT2D eigenvalue weighted by Gasteiger charge is 2.56. The van der Waals surface area contributed by atoms with Gasteiger partial charge in [0.05, 0.1) is 22.3 Å². The molecule has 1 aliphatic heterocycles. The van der Waals surface area contributed by atoms with Crippen LogP contribution < -0.4 is 4.74 Å². The summed E-state index contributed by atoms with van der Waals surface area (Å²) in [5, 5.41) is 0. The molecule has 3 fully saturated rings. The van der Waals surface area contributed by atoms with Crippen LogP contribution in [0.3, 0.4) is 0 Å². The van der Waals surface area contributed by atoms with E-state index in [4.69, 9.17) is 28.4 Å². The molecular formula is C52H48O11. The van der Waals surface area contributed by atoms with Crippen LogP contribution in [-0.4, -0.2) is 67.0 Å². The topological polar surface area (TPSA) is 141 Å². The van der Waals surface area contributed by atoms with E-state index in [1.165, 1.54) is 5.56 Å². The number of hydrogen-bond acceptors (Lipinski definition) is 11. The molecule has 5 aromatic rings. The lowest BCUT2D eigenvalue weighted by Gasteiger charge is -2.48. The third-order valence-electron chi connectivity index (χ3n) is 13.4. The van der Waals surface area contributed by atoms with Gasteiger partial charge in [-0.2, -0.15) is 0 Å². The summed E-state index contributed by atoms with van der Waals surface area (Å²) in [4.78, 5) is 68.3. The van der Waals surface area contributed by atoms with Crippen molar-refractivity contribution in [2.45, 2.75) is 82.1 Å². The number of carbonyl (C=O) groups excluding carboxylic acids is 5. The van der Waals surface area contributed by atoms with E-state index < -0.39 is 61.2 Å². The highest BCUT2D eigenvalue weighted by molar-refractivity contribution is 5.92. The van der Waals surface area contributed by atoms with Gasteiger partial charge in [0, 0.05) is 11.8 Å². The minimum Gasteiger partial charge on any atom is -0.461 e. The number of ketones is 1. The molecule has 0 bridgehead atoms. The molecule has 0 aromatic heterocycles. The normalized spacial score (nSPS) is 27.1. The van der Waals surface area contributed by atoms with Crippen molar-refractivity contribution in [3.8, 4) is 5.75 Å². The molecule has 3 aliphatic carbocycles. The first kappa shape index (κ1) is 41.7. The second-order valence-electron chi connectivity index (χ2n) is 17.0. The van der Waals surface area contributed by atoms with Crippen LogP contribution in [0.5, 0.6) is 5.75 Å². The number of fused-ring (bicyclic) bond motifs is 5. The molecule has 0 radical (unpaired) electrons. The smallest absolute Gasteiger partial charge is 0.338 e. The van der Waals surface area contributed by atoms with Gasteiger partial charge in [-0.3, -0.25) is 4.79 Å². The second-order valence-corrected chi connectivity index (χ2v) is 17.0. The van der Waals surface area contributed by atoms with Crippen LogP contribution in [0.2, 0.25) is 0 Å². The molecule has 5 aromatic carbocycles. The molecule has 1 heterocycles. The number of benzene rings is 5.